The first-order valence-corrected chi connectivity index (χ1v) is 5.78. The van der Waals surface area contributed by atoms with E-state index in [-0.39, 0.29) is 19.4 Å². The van der Waals surface area contributed by atoms with E-state index in [9.17, 15) is 14.0 Å². The highest BCUT2D eigenvalue weighted by molar-refractivity contribution is 6.44. The third-order valence-electron chi connectivity index (χ3n) is 2.43. The molecule has 0 saturated heterocycles. The number of carbonyl (C=O) groups is 2. The Morgan fingerprint density at radius 2 is 1.74 bits per heavy atom. The molecule has 0 aliphatic rings. The minimum absolute atomic E-state index is 0.0840. The molecule has 0 fully saturated rings. The average molecular weight is 291 g/mol. The maximum atomic E-state index is 12.6. The molecular formula is C12H12ClFO5. The van der Waals surface area contributed by atoms with Crippen molar-refractivity contribution in [2.45, 2.75) is 17.7 Å². The van der Waals surface area contributed by atoms with E-state index >= 15 is 0 Å². The first-order chi connectivity index (χ1) is 8.86. The van der Waals surface area contributed by atoms with E-state index in [4.69, 9.17) is 26.6 Å². The summed E-state index contributed by atoms with van der Waals surface area (Å²) in [5.74, 6) is -3.21. The molecule has 19 heavy (non-hydrogen) atoms. The number of carboxylic acid groups (broad SMARTS) is 2. The fourth-order valence-corrected chi connectivity index (χ4v) is 1.48. The molecule has 0 heterocycles. The molecule has 1 aromatic carbocycles. The van der Waals surface area contributed by atoms with Crippen LogP contribution in [0, 0.1) is 5.82 Å². The number of hydrogen-bond acceptors (Lipinski definition) is 3. The summed E-state index contributed by atoms with van der Waals surface area (Å²) in [5, 5.41) is 17.5. The van der Waals surface area contributed by atoms with Crippen LogP contribution in [0.15, 0.2) is 24.3 Å². The molecule has 0 spiro atoms. The molecule has 0 aliphatic carbocycles. The summed E-state index contributed by atoms with van der Waals surface area (Å²) in [5.41, 5.74) is 0. The molecule has 0 unspecified atom stereocenters. The number of alkyl halides is 1. The molecule has 0 atom stereocenters. The highest BCUT2D eigenvalue weighted by Crippen LogP contribution is 2.23. The van der Waals surface area contributed by atoms with Gasteiger partial charge >= 0.3 is 11.9 Å². The van der Waals surface area contributed by atoms with Crippen LogP contribution in [0.25, 0.3) is 0 Å². The van der Waals surface area contributed by atoms with Gasteiger partial charge in [-0.25, -0.2) is 14.0 Å². The molecule has 0 aliphatic heterocycles. The van der Waals surface area contributed by atoms with Crippen molar-refractivity contribution >= 4 is 23.5 Å². The van der Waals surface area contributed by atoms with Crippen molar-refractivity contribution in [3.63, 3.8) is 0 Å². The standard InChI is InChI=1S/C12H12ClFO5/c13-12(10(15)16,11(17)18)6-1-7-19-9-4-2-8(14)3-5-9/h2-5H,1,6-7H2,(H,15,16)(H,17,18). The quantitative estimate of drug-likeness (QED) is 0.456. The molecule has 1 aromatic rings. The Kier molecular flexibility index (Phi) is 5.11. The third kappa shape index (κ3) is 4.10. The highest BCUT2D eigenvalue weighted by Gasteiger charge is 2.44. The van der Waals surface area contributed by atoms with Crippen LogP contribution in [0.4, 0.5) is 4.39 Å². The number of aliphatic carboxylic acids is 2. The first-order valence-electron chi connectivity index (χ1n) is 5.40. The Morgan fingerprint density at radius 1 is 1.21 bits per heavy atom. The van der Waals surface area contributed by atoms with Gasteiger partial charge in [-0.15, -0.1) is 0 Å². The zero-order chi connectivity index (χ0) is 14.5. The summed E-state index contributed by atoms with van der Waals surface area (Å²) in [6.07, 6.45) is -0.139. The Balaban J connectivity index is 2.43. The van der Waals surface area contributed by atoms with Crippen LogP contribution in [0.3, 0.4) is 0 Å². The van der Waals surface area contributed by atoms with Crippen LogP contribution in [0.2, 0.25) is 0 Å². The Labute approximate surface area is 113 Å². The smallest absolute Gasteiger partial charge is 0.336 e. The molecule has 5 nitrogen and oxygen atoms in total. The third-order valence-corrected chi connectivity index (χ3v) is 2.94. The second-order valence-electron chi connectivity index (χ2n) is 3.82. The van der Waals surface area contributed by atoms with E-state index in [1.807, 2.05) is 0 Å². The Morgan fingerprint density at radius 3 is 2.21 bits per heavy atom. The molecule has 1 rings (SSSR count). The first kappa shape index (κ1) is 15.2. The van der Waals surface area contributed by atoms with Gasteiger partial charge in [0.15, 0.2) is 0 Å². The van der Waals surface area contributed by atoms with Gasteiger partial charge in [0.1, 0.15) is 11.6 Å². The molecule has 0 radical (unpaired) electrons. The number of carboxylic acids is 2. The van der Waals surface area contributed by atoms with E-state index in [0.717, 1.165) is 0 Å². The second-order valence-corrected chi connectivity index (χ2v) is 4.46. The van der Waals surface area contributed by atoms with Crippen molar-refractivity contribution in [1.29, 1.82) is 0 Å². The van der Waals surface area contributed by atoms with Gasteiger partial charge in [-0.2, -0.15) is 0 Å². The van der Waals surface area contributed by atoms with Crippen molar-refractivity contribution < 1.29 is 28.9 Å². The zero-order valence-corrected chi connectivity index (χ0v) is 10.6. The van der Waals surface area contributed by atoms with E-state index in [0.29, 0.717) is 5.75 Å². The van der Waals surface area contributed by atoms with Crippen molar-refractivity contribution in [2.75, 3.05) is 6.61 Å². The predicted octanol–water partition coefficient (Wildman–Crippen LogP) is 2.13. The molecule has 0 aromatic heterocycles. The molecular weight excluding hydrogens is 279 g/mol. The van der Waals surface area contributed by atoms with Crippen LogP contribution in [-0.2, 0) is 9.59 Å². The van der Waals surface area contributed by atoms with Crippen LogP contribution < -0.4 is 4.74 Å². The maximum Gasteiger partial charge on any atom is 0.336 e. The minimum Gasteiger partial charge on any atom is -0.494 e. The highest BCUT2D eigenvalue weighted by atomic mass is 35.5. The van der Waals surface area contributed by atoms with Gasteiger partial charge in [0.2, 0.25) is 4.87 Å². The van der Waals surface area contributed by atoms with E-state index < -0.39 is 22.6 Å². The summed E-state index contributed by atoms with van der Waals surface area (Å²) < 4.78 is 17.8. The summed E-state index contributed by atoms with van der Waals surface area (Å²) in [6.45, 7) is 0.0840. The van der Waals surface area contributed by atoms with Crippen LogP contribution >= 0.6 is 11.6 Å². The van der Waals surface area contributed by atoms with E-state index in [1.165, 1.54) is 24.3 Å². The lowest BCUT2D eigenvalue weighted by atomic mass is 10.0. The molecule has 104 valence electrons. The minimum atomic E-state index is -2.34. The SMILES string of the molecule is O=C(O)C(Cl)(CCCOc1ccc(F)cc1)C(=O)O. The summed E-state index contributed by atoms with van der Waals surface area (Å²) in [6, 6.07) is 5.26. The lowest BCUT2D eigenvalue weighted by Gasteiger charge is -2.16. The summed E-state index contributed by atoms with van der Waals surface area (Å²) >= 11 is 5.51. The summed E-state index contributed by atoms with van der Waals surface area (Å²) in [4.78, 5) is 19.2. The molecule has 2 N–H and O–H groups in total. The van der Waals surface area contributed by atoms with Gasteiger partial charge < -0.3 is 14.9 Å². The van der Waals surface area contributed by atoms with Gasteiger partial charge in [-0.05, 0) is 37.1 Å². The zero-order valence-electron chi connectivity index (χ0n) is 9.81. The normalized spacial score (nSPS) is 11.1. The van der Waals surface area contributed by atoms with Crippen molar-refractivity contribution in [2.24, 2.45) is 0 Å². The Hall–Kier alpha value is -1.82. The number of ether oxygens (including phenoxy) is 1. The number of rotatable bonds is 7. The van der Waals surface area contributed by atoms with Gasteiger partial charge in [-0.3, -0.25) is 0 Å². The Bertz CT molecular complexity index is 446. The molecule has 0 bridgehead atoms. The largest absolute Gasteiger partial charge is 0.494 e. The van der Waals surface area contributed by atoms with Crippen molar-refractivity contribution in [1.82, 2.24) is 0 Å². The van der Waals surface area contributed by atoms with Gasteiger partial charge in [0.05, 0.1) is 6.61 Å². The average Bonchev–Trinajstić information content (AvgIpc) is 2.36. The number of hydrogen-bond donors (Lipinski definition) is 2. The maximum absolute atomic E-state index is 12.6. The number of benzene rings is 1. The molecule has 7 heteroatoms. The lowest BCUT2D eigenvalue weighted by Crippen LogP contribution is -2.41. The summed E-state index contributed by atoms with van der Waals surface area (Å²) in [7, 11) is 0. The van der Waals surface area contributed by atoms with Crippen LogP contribution in [0.5, 0.6) is 5.75 Å². The molecule has 0 amide bonds. The fraction of sp³-hybridized carbons (Fsp3) is 0.333. The van der Waals surface area contributed by atoms with Crippen LogP contribution in [0.1, 0.15) is 12.8 Å². The molecule has 0 saturated carbocycles. The van der Waals surface area contributed by atoms with Crippen LogP contribution in [-0.4, -0.2) is 33.6 Å². The lowest BCUT2D eigenvalue weighted by molar-refractivity contribution is -0.152. The second kappa shape index (κ2) is 6.38. The van der Waals surface area contributed by atoms with Crippen molar-refractivity contribution in [3.8, 4) is 5.75 Å². The predicted molar refractivity (Wildman–Crippen MR) is 65.0 cm³/mol. The van der Waals surface area contributed by atoms with Crippen molar-refractivity contribution in [3.05, 3.63) is 30.1 Å². The van der Waals surface area contributed by atoms with E-state index in [1.54, 1.807) is 0 Å². The van der Waals surface area contributed by atoms with Gasteiger partial charge in [0.25, 0.3) is 0 Å². The fourth-order valence-electron chi connectivity index (χ4n) is 1.34. The monoisotopic (exact) mass is 290 g/mol. The van der Waals surface area contributed by atoms with Gasteiger partial charge in [0, 0.05) is 0 Å². The number of halogens is 2. The topological polar surface area (TPSA) is 83.8 Å². The van der Waals surface area contributed by atoms with E-state index in [2.05, 4.69) is 0 Å². The van der Waals surface area contributed by atoms with Gasteiger partial charge in [-0.1, -0.05) is 11.6 Å².